The molecule has 0 aromatic rings. The standard InChI is InChI=1S/C8H13NS2/c10-6-2-1-5-3-4-9-7(5)8(6)11/h5-6,9-11H,1-4H2. The summed E-state index contributed by atoms with van der Waals surface area (Å²) in [6.07, 6.45) is 3.78. The van der Waals surface area contributed by atoms with Gasteiger partial charge in [0.05, 0.1) is 0 Å². The Morgan fingerprint density at radius 1 is 1.27 bits per heavy atom. The van der Waals surface area contributed by atoms with Crippen molar-refractivity contribution in [3.63, 3.8) is 0 Å². The lowest BCUT2D eigenvalue weighted by molar-refractivity contribution is 0.533. The molecule has 62 valence electrons. The van der Waals surface area contributed by atoms with Crippen LogP contribution in [0.15, 0.2) is 10.6 Å². The quantitative estimate of drug-likeness (QED) is 0.492. The molecule has 0 radical (unpaired) electrons. The average molecular weight is 187 g/mol. The summed E-state index contributed by atoms with van der Waals surface area (Å²) in [5.74, 6) is 0.769. The molecule has 2 rings (SSSR count). The topological polar surface area (TPSA) is 12.0 Å². The van der Waals surface area contributed by atoms with Gasteiger partial charge in [-0.25, -0.2) is 0 Å². The van der Waals surface area contributed by atoms with Crippen LogP contribution in [0.4, 0.5) is 0 Å². The highest BCUT2D eigenvalue weighted by Crippen LogP contribution is 2.37. The molecule has 0 bridgehead atoms. The van der Waals surface area contributed by atoms with Gasteiger partial charge < -0.3 is 5.32 Å². The van der Waals surface area contributed by atoms with E-state index in [0.29, 0.717) is 5.25 Å². The second-order valence-electron chi connectivity index (χ2n) is 3.30. The van der Waals surface area contributed by atoms with Gasteiger partial charge in [-0.2, -0.15) is 12.6 Å². The van der Waals surface area contributed by atoms with Crippen molar-refractivity contribution < 1.29 is 0 Å². The van der Waals surface area contributed by atoms with Gasteiger partial charge in [0.15, 0.2) is 0 Å². The van der Waals surface area contributed by atoms with Crippen LogP contribution in [0.25, 0.3) is 0 Å². The third-order valence-electron chi connectivity index (χ3n) is 2.60. The van der Waals surface area contributed by atoms with E-state index in [1.54, 1.807) is 0 Å². The lowest BCUT2D eigenvalue weighted by Crippen LogP contribution is -2.19. The lowest BCUT2D eigenvalue weighted by Gasteiger charge is -2.24. The molecule has 1 aliphatic heterocycles. The van der Waals surface area contributed by atoms with Crippen molar-refractivity contribution in [2.75, 3.05) is 6.54 Å². The third kappa shape index (κ3) is 1.29. The average Bonchev–Trinajstić information content (AvgIpc) is 2.45. The first kappa shape index (κ1) is 7.87. The van der Waals surface area contributed by atoms with Crippen LogP contribution < -0.4 is 5.32 Å². The number of hydrogen-bond acceptors (Lipinski definition) is 3. The van der Waals surface area contributed by atoms with Crippen LogP contribution in [-0.4, -0.2) is 11.8 Å². The fourth-order valence-corrected chi connectivity index (χ4v) is 2.61. The lowest BCUT2D eigenvalue weighted by atomic mass is 9.92. The van der Waals surface area contributed by atoms with Crippen LogP contribution in [0.1, 0.15) is 19.3 Å². The van der Waals surface area contributed by atoms with Crippen molar-refractivity contribution in [3.05, 3.63) is 10.6 Å². The van der Waals surface area contributed by atoms with E-state index in [0.717, 1.165) is 12.5 Å². The van der Waals surface area contributed by atoms with Crippen LogP contribution in [0.3, 0.4) is 0 Å². The molecule has 3 heteroatoms. The fraction of sp³-hybridized carbons (Fsp3) is 0.750. The molecule has 1 saturated heterocycles. The molecule has 2 unspecified atom stereocenters. The van der Waals surface area contributed by atoms with E-state index in [1.165, 1.54) is 29.9 Å². The van der Waals surface area contributed by atoms with Gasteiger partial charge in [0.1, 0.15) is 0 Å². The van der Waals surface area contributed by atoms with E-state index in [9.17, 15) is 0 Å². The van der Waals surface area contributed by atoms with Gasteiger partial charge in [0, 0.05) is 28.3 Å². The second kappa shape index (κ2) is 2.94. The Balaban J connectivity index is 2.28. The van der Waals surface area contributed by atoms with Crippen molar-refractivity contribution in [2.24, 2.45) is 5.92 Å². The molecule has 1 fully saturated rings. The third-order valence-corrected chi connectivity index (χ3v) is 3.87. The van der Waals surface area contributed by atoms with Crippen molar-refractivity contribution in [1.29, 1.82) is 0 Å². The summed E-state index contributed by atoms with van der Waals surface area (Å²) in [6.45, 7) is 1.13. The molecule has 0 saturated carbocycles. The summed E-state index contributed by atoms with van der Waals surface area (Å²) in [6, 6.07) is 0. The predicted octanol–water partition coefficient (Wildman–Crippen LogP) is 1.83. The minimum Gasteiger partial charge on any atom is -0.387 e. The first-order chi connectivity index (χ1) is 5.29. The molecule has 2 atom stereocenters. The summed E-state index contributed by atoms with van der Waals surface area (Å²) in [7, 11) is 0. The Bertz CT molecular complexity index is 200. The number of hydrogen-bond donors (Lipinski definition) is 3. The number of thiol groups is 2. The van der Waals surface area contributed by atoms with Gasteiger partial charge >= 0.3 is 0 Å². The van der Waals surface area contributed by atoms with Gasteiger partial charge in [0.2, 0.25) is 0 Å². The number of nitrogens with one attached hydrogen (secondary N) is 1. The van der Waals surface area contributed by atoms with E-state index in [-0.39, 0.29) is 0 Å². The molecule has 11 heavy (non-hydrogen) atoms. The molecular formula is C8H13NS2. The summed E-state index contributed by atoms with van der Waals surface area (Å²) >= 11 is 8.93. The second-order valence-corrected chi connectivity index (χ2v) is 4.41. The van der Waals surface area contributed by atoms with Crippen LogP contribution in [0.2, 0.25) is 0 Å². The smallest absolute Gasteiger partial charge is 0.0341 e. The number of fused-ring (bicyclic) bond motifs is 1. The highest BCUT2D eigenvalue weighted by atomic mass is 32.1. The van der Waals surface area contributed by atoms with E-state index < -0.39 is 0 Å². The van der Waals surface area contributed by atoms with Gasteiger partial charge in [0.25, 0.3) is 0 Å². The summed E-state index contributed by atoms with van der Waals surface area (Å²) in [4.78, 5) is 1.18. The molecule has 0 spiro atoms. The van der Waals surface area contributed by atoms with E-state index in [4.69, 9.17) is 0 Å². The highest BCUT2D eigenvalue weighted by Gasteiger charge is 2.29. The summed E-state index contributed by atoms with van der Waals surface area (Å²) in [5, 5.41) is 3.78. The SMILES string of the molecule is SC1=C2NCCC2CCC1S. The first-order valence-corrected chi connectivity index (χ1v) is 5.10. The number of rotatable bonds is 0. The van der Waals surface area contributed by atoms with Crippen LogP contribution in [-0.2, 0) is 0 Å². The van der Waals surface area contributed by atoms with E-state index in [1.807, 2.05) is 0 Å². The molecule has 1 N–H and O–H groups in total. The zero-order chi connectivity index (χ0) is 7.84. The summed E-state index contributed by atoms with van der Waals surface area (Å²) < 4.78 is 0. The van der Waals surface area contributed by atoms with Crippen molar-refractivity contribution in [2.45, 2.75) is 24.5 Å². The van der Waals surface area contributed by atoms with Crippen molar-refractivity contribution in [1.82, 2.24) is 5.32 Å². The molecule has 0 amide bonds. The molecular weight excluding hydrogens is 174 g/mol. The Labute approximate surface area is 78.5 Å². The highest BCUT2D eigenvalue weighted by molar-refractivity contribution is 7.88. The van der Waals surface area contributed by atoms with Gasteiger partial charge in [-0.1, -0.05) is 0 Å². The van der Waals surface area contributed by atoms with Crippen molar-refractivity contribution in [3.8, 4) is 0 Å². The molecule has 2 aliphatic rings. The molecule has 1 nitrogen and oxygen atoms in total. The maximum Gasteiger partial charge on any atom is 0.0341 e. The molecule has 1 aliphatic carbocycles. The van der Waals surface area contributed by atoms with Gasteiger partial charge in [-0.3, -0.25) is 0 Å². The maximum atomic E-state index is 4.47. The Morgan fingerprint density at radius 2 is 2.09 bits per heavy atom. The van der Waals surface area contributed by atoms with Crippen LogP contribution in [0, 0.1) is 5.92 Å². The molecule has 0 aromatic carbocycles. The Hall–Kier alpha value is 0.240. The normalized spacial score (nSPS) is 36.9. The van der Waals surface area contributed by atoms with Crippen LogP contribution >= 0.6 is 25.3 Å². The maximum absolute atomic E-state index is 4.47. The predicted molar refractivity (Wildman–Crippen MR) is 54.1 cm³/mol. The number of allylic oxidation sites excluding steroid dienone is 1. The Kier molecular flexibility index (Phi) is 2.10. The fourth-order valence-electron chi connectivity index (χ4n) is 1.93. The van der Waals surface area contributed by atoms with E-state index >= 15 is 0 Å². The minimum atomic E-state index is 0.384. The van der Waals surface area contributed by atoms with Gasteiger partial charge in [-0.05, 0) is 19.3 Å². The molecule has 0 aromatic heterocycles. The monoisotopic (exact) mass is 187 g/mol. The zero-order valence-electron chi connectivity index (χ0n) is 6.38. The van der Waals surface area contributed by atoms with Crippen LogP contribution in [0.5, 0.6) is 0 Å². The molecule has 1 heterocycles. The summed E-state index contributed by atoms with van der Waals surface area (Å²) in [5.41, 5.74) is 1.37. The van der Waals surface area contributed by atoms with Crippen molar-refractivity contribution >= 4 is 25.3 Å². The minimum absolute atomic E-state index is 0.384. The largest absolute Gasteiger partial charge is 0.387 e. The first-order valence-electron chi connectivity index (χ1n) is 4.14. The van der Waals surface area contributed by atoms with E-state index in [2.05, 4.69) is 30.6 Å². The van der Waals surface area contributed by atoms with Gasteiger partial charge in [-0.15, -0.1) is 12.6 Å². The zero-order valence-corrected chi connectivity index (χ0v) is 8.17. The Morgan fingerprint density at radius 3 is 2.91 bits per heavy atom.